The van der Waals surface area contributed by atoms with Crippen LogP contribution >= 0.6 is 0 Å². The van der Waals surface area contributed by atoms with Crippen molar-refractivity contribution in [3.05, 3.63) is 59.2 Å². The fourth-order valence-corrected chi connectivity index (χ4v) is 2.95. The van der Waals surface area contributed by atoms with Crippen molar-refractivity contribution >= 4 is 17.5 Å². The van der Waals surface area contributed by atoms with Crippen LogP contribution in [0.3, 0.4) is 0 Å². The van der Waals surface area contributed by atoms with Crippen LogP contribution in [0.15, 0.2) is 42.5 Å². The molecule has 2 aliphatic rings. The van der Waals surface area contributed by atoms with Gasteiger partial charge in [0.1, 0.15) is 5.75 Å². The largest absolute Gasteiger partial charge is 0.493 e. The van der Waals surface area contributed by atoms with Gasteiger partial charge in [0.2, 0.25) is 0 Å². The number of ether oxygens (including phenoxy) is 1. The molecular formula is C17H14N2O3. The average molecular weight is 294 g/mol. The molecule has 5 nitrogen and oxygen atoms in total. The van der Waals surface area contributed by atoms with E-state index in [1.54, 1.807) is 12.1 Å². The summed E-state index contributed by atoms with van der Waals surface area (Å²) in [5.41, 5.74) is 2.79. The summed E-state index contributed by atoms with van der Waals surface area (Å²) in [7, 11) is 0. The van der Waals surface area contributed by atoms with Crippen molar-refractivity contribution in [1.82, 2.24) is 5.32 Å². The molecule has 0 radical (unpaired) electrons. The highest BCUT2D eigenvalue weighted by atomic mass is 16.5. The number of amides is 2. The molecule has 2 aromatic rings. The van der Waals surface area contributed by atoms with Crippen LogP contribution < -0.4 is 15.4 Å². The van der Waals surface area contributed by atoms with Crippen LogP contribution in [0.2, 0.25) is 0 Å². The summed E-state index contributed by atoms with van der Waals surface area (Å²) in [4.78, 5) is 23.3. The Morgan fingerprint density at radius 2 is 1.86 bits per heavy atom. The van der Waals surface area contributed by atoms with Gasteiger partial charge < -0.3 is 10.1 Å². The van der Waals surface area contributed by atoms with Crippen molar-refractivity contribution in [1.29, 1.82) is 0 Å². The lowest BCUT2D eigenvalue weighted by Crippen LogP contribution is -2.20. The van der Waals surface area contributed by atoms with Gasteiger partial charge in [0.25, 0.3) is 11.8 Å². The summed E-state index contributed by atoms with van der Waals surface area (Å²) in [6, 6.07) is 13.3. The van der Waals surface area contributed by atoms with Crippen LogP contribution in [0, 0.1) is 0 Å². The minimum atomic E-state index is -0.337. The molecule has 0 spiro atoms. The molecule has 0 bridgehead atoms. The van der Waals surface area contributed by atoms with Crippen LogP contribution in [-0.2, 0) is 0 Å². The Balaban J connectivity index is 1.64. The summed E-state index contributed by atoms with van der Waals surface area (Å²) in [6.07, 6.45) is 0.846. The number of carbonyl (C=O) groups is 2. The third-order valence-electron chi connectivity index (χ3n) is 4.04. The van der Waals surface area contributed by atoms with Crippen molar-refractivity contribution in [3.8, 4) is 5.75 Å². The zero-order valence-electron chi connectivity index (χ0n) is 11.8. The number of hydrogen-bond acceptors (Lipinski definition) is 4. The van der Waals surface area contributed by atoms with E-state index in [9.17, 15) is 9.59 Å². The van der Waals surface area contributed by atoms with Crippen LogP contribution in [-0.4, -0.2) is 18.4 Å². The highest BCUT2D eigenvalue weighted by molar-refractivity contribution is 6.21. The number of para-hydroxylation sites is 1. The first-order valence-corrected chi connectivity index (χ1v) is 7.20. The van der Waals surface area contributed by atoms with Crippen molar-refractivity contribution in [2.75, 3.05) is 11.9 Å². The number of fused-ring (bicyclic) bond motifs is 2. The summed E-state index contributed by atoms with van der Waals surface area (Å²) < 4.78 is 5.65. The molecule has 1 unspecified atom stereocenters. The Labute approximate surface area is 127 Å². The molecule has 2 aliphatic heterocycles. The Morgan fingerprint density at radius 3 is 2.77 bits per heavy atom. The maximum Gasteiger partial charge on any atom is 0.259 e. The smallest absolute Gasteiger partial charge is 0.259 e. The lowest BCUT2D eigenvalue weighted by Gasteiger charge is -2.27. The van der Waals surface area contributed by atoms with Crippen molar-refractivity contribution < 1.29 is 14.3 Å². The van der Waals surface area contributed by atoms with E-state index in [-0.39, 0.29) is 17.9 Å². The highest BCUT2D eigenvalue weighted by Gasteiger charge is 2.27. The number of benzene rings is 2. The Bertz CT molecular complexity index is 785. The minimum Gasteiger partial charge on any atom is -0.493 e. The minimum absolute atomic E-state index is 0.128. The molecule has 0 fully saturated rings. The number of hydrogen-bond donors (Lipinski definition) is 2. The van der Waals surface area contributed by atoms with Crippen LogP contribution in [0.5, 0.6) is 5.75 Å². The monoisotopic (exact) mass is 294 g/mol. The van der Waals surface area contributed by atoms with Crippen LogP contribution in [0.1, 0.15) is 38.7 Å². The molecule has 1 atom stereocenters. The van der Waals surface area contributed by atoms with Gasteiger partial charge in [0, 0.05) is 17.7 Å². The molecule has 2 N–H and O–H groups in total. The predicted molar refractivity (Wildman–Crippen MR) is 81.2 cm³/mol. The van der Waals surface area contributed by atoms with Gasteiger partial charge in [-0.1, -0.05) is 18.2 Å². The summed E-state index contributed by atoms with van der Waals surface area (Å²) in [6.45, 7) is 0.651. The van der Waals surface area contributed by atoms with Crippen LogP contribution in [0.4, 0.5) is 5.69 Å². The Morgan fingerprint density at radius 1 is 1.05 bits per heavy atom. The molecule has 5 heteroatoms. The molecule has 4 rings (SSSR count). The second-order valence-electron chi connectivity index (χ2n) is 5.42. The van der Waals surface area contributed by atoms with Gasteiger partial charge in [0.05, 0.1) is 23.8 Å². The van der Waals surface area contributed by atoms with Gasteiger partial charge in [-0.2, -0.15) is 0 Å². The van der Waals surface area contributed by atoms with E-state index in [1.807, 2.05) is 30.3 Å². The molecule has 0 saturated heterocycles. The molecule has 22 heavy (non-hydrogen) atoms. The quantitative estimate of drug-likeness (QED) is 0.835. The molecule has 2 amide bonds. The first-order chi connectivity index (χ1) is 10.7. The number of carbonyl (C=O) groups excluding carboxylic acids is 2. The van der Waals surface area contributed by atoms with E-state index in [2.05, 4.69) is 10.6 Å². The lowest BCUT2D eigenvalue weighted by molar-refractivity contribution is 0.0879. The predicted octanol–water partition coefficient (Wildman–Crippen LogP) is 2.51. The zero-order chi connectivity index (χ0) is 15.1. The van der Waals surface area contributed by atoms with E-state index < -0.39 is 0 Å². The van der Waals surface area contributed by atoms with Gasteiger partial charge in [-0.15, -0.1) is 0 Å². The average Bonchev–Trinajstić information content (AvgIpc) is 2.82. The molecule has 2 aromatic carbocycles. The highest BCUT2D eigenvalue weighted by Crippen LogP contribution is 2.34. The zero-order valence-corrected chi connectivity index (χ0v) is 11.8. The van der Waals surface area contributed by atoms with Gasteiger partial charge in [-0.3, -0.25) is 14.9 Å². The number of imide groups is 1. The molecular weight excluding hydrogens is 280 g/mol. The fraction of sp³-hybridized carbons (Fsp3) is 0.176. The molecule has 0 aromatic heterocycles. The van der Waals surface area contributed by atoms with E-state index in [1.165, 1.54) is 0 Å². The number of rotatable bonds is 2. The van der Waals surface area contributed by atoms with Crippen molar-refractivity contribution in [2.45, 2.75) is 12.5 Å². The van der Waals surface area contributed by atoms with Gasteiger partial charge in [-0.05, 0) is 24.3 Å². The summed E-state index contributed by atoms with van der Waals surface area (Å²) in [5, 5.41) is 5.73. The lowest BCUT2D eigenvalue weighted by atomic mass is 10.00. The van der Waals surface area contributed by atoms with E-state index >= 15 is 0 Å². The third kappa shape index (κ3) is 2.02. The molecule has 0 aliphatic carbocycles. The van der Waals surface area contributed by atoms with E-state index in [4.69, 9.17) is 4.74 Å². The van der Waals surface area contributed by atoms with E-state index in [0.717, 1.165) is 23.4 Å². The number of anilines is 1. The second-order valence-corrected chi connectivity index (χ2v) is 5.42. The SMILES string of the molecule is O=C1NC(=O)c2cc(NC3CCOc4ccccc43)ccc21. The molecule has 0 saturated carbocycles. The standard InChI is InChI=1S/C17H14N2O3/c20-16-11-6-5-10(9-13(11)17(21)19-16)18-14-7-8-22-15-4-2-1-3-12(14)15/h1-6,9,14,18H,7-8H2,(H,19,20,21). The van der Waals surface area contributed by atoms with Gasteiger partial charge >= 0.3 is 0 Å². The topological polar surface area (TPSA) is 67.4 Å². The summed E-state index contributed by atoms with van der Waals surface area (Å²) in [5.74, 6) is 0.222. The number of nitrogens with one attached hydrogen (secondary N) is 2. The summed E-state index contributed by atoms with van der Waals surface area (Å²) >= 11 is 0. The van der Waals surface area contributed by atoms with Gasteiger partial charge in [-0.25, -0.2) is 0 Å². The first kappa shape index (κ1) is 12.9. The van der Waals surface area contributed by atoms with E-state index in [0.29, 0.717) is 17.7 Å². The Kier molecular flexibility index (Phi) is 2.85. The maximum atomic E-state index is 11.7. The molecule has 2 heterocycles. The van der Waals surface area contributed by atoms with Gasteiger partial charge in [0.15, 0.2) is 0 Å². The maximum absolute atomic E-state index is 11.7. The Hall–Kier alpha value is -2.82. The van der Waals surface area contributed by atoms with Crippen molar-refractivity contribution in [2.24, 2.45) is 0 Å². The fourth-order valence-electron chi connectivity index (χ4n) is 2.95. The third-order valence-corrected chi connectivity index (χ3v) is 4.04. The van der Waals surface area contributed by atoms with Crippen molar-refractivity contribution in [3.63, 3.8) is 0 Å². The van der Waals surface area contributed by atoms with Crippen LogP contribution in [0.25, 0.3) is 0 Å². The molecule has 110 valence electrons. The second kappa shape index (κ2) is 4.87. The first-order valence-electron chi connectivity index (χ1n) is 7.20. The normalized spacial score (nSPS) is 19.0.